The molecule has 2 heterocycles. The minimum absolute atomic E-state index is 0.0501. The Hall–Kier alpha value is -2.90. The van der Waals surface area contributed by atoms with Crippen molar-refractivity contribution in [3.8, 4) is 16.3 Å². The van der Waals surface area contributed by atoms with E-state index in [1.807, 2.05) is 23.6 Å². The largest absolute Gasteiger partial charge is 0.482 e. The van der Waals surface area contributed by atoms with Gasteiger partial charge in [-0.15, -0.1) is 11.3 Å². The minimum atomic E-state index is -0.495. The lowest BCUT2D eigenvalue weighted by atomic mass is 10.1. The van der Waals surface area contributed by atoms with Gasteiger partial charge in [0.25, 0.3) is 5.91 Å². The molecule has 0 aliphatic carbocycles. The Labute approximate surface area is 163 Å². The number of carbonyl (C=O) groups excluding carboxylic acids is 2. The zero-order chi connectivity index (χ0) is 18.8. The summed E-state index contributed by atoms with van der Waals surface area (Å²) in [5, 5.41) is 5.89. The first-order chi connectivity index (χ1) is 13.1. The van der Waals surface area contributed by atoms with E-state index in [-0.39, 0.29) is 19.1 Å². The number of fused-ring (bicyclic) bond motifs is 1. The van der Waals surface area contributed by atoms with Crippen LogP contribution in [0, 0.1) is 0 Å². The Balaban J connectivity index is 1.43. The van der Waals surface area contributed by atoms with Gasteiger partial charge in [-0.2, -0.15) is 0 Å². The number of amides is 1. The molecule has 0 bridgehead atoms. The van der Waals surface area contributed by atoms with Gasteiger partial charge in [-0.3, -0.25) is 4.79 Å². The number of nitrogens with zero attached hydrogens (tertiary/aromatic N) is 1. The first kappa shape index (κ1) is 17.5. The highest BCUT2D eigenvalue weighted by atomic mass is 35.5. The quantitative estimate of drug-likeness (QED) is 0.665. The number of aromatic nitrogens is 1. The summed E-state index contributed by atoms with van der Waals surface area (Å²) in [6.07, 6.45) is 0. The van der Waals surface area contributed by atoms with E-state index in [0.29, 0.717) is 27.7 Å². The van der Waals surface area contributed by atoms with Crippen LogP contribution in [-0.4, -0.2) is 23.5 Å². The number of halogens is 1. The zero-order valence-electron chi connectivity index (χ0n) is 13.9. The number of thiazole rings is 1. The van der Waals surface area contributed by atoms with Crippen LogP contribution in [0.1, 0.15) is 16.1 Å². The highest BCUT2D eigenvalue weighted by Gasteiger charge is 2.18. The van der Waals surface area contributed by atoms with Gasteiger partial charge in [0.05, 0.1) is 22.0 Å². The standard InChI is InChI=1S/C19H13ClN2O4S/c20-14-4-2-1-3-13(14)18-21-12(10-27-18)8-26-19(24)11-5-6-15-16(7-11)25-9-17(23)22-15/h1-7,10H,8-9H2,(H,22,23). The van der Waals surface area contributed by atoms with Crippen molar-refractivity contribution in [3.05, 3.63) is 64.1 Å². The van der Waals surface area contributed by atoms with E-state index in [1.165, 1.54) is 11.3 Å². The third-order valence-corrected chi connectivity index (χ3v) is 5.11. The van der Waals surface area contributed by atoms with Crippen LogP contribution in [-0.2, 0) is 16.1 Å². The Morgan fingerprint density at radius 3 is 3.00 bits per heavy atom. The van der Waals surface area contributed by atoms with Gasteiger partial charge in [0.15, 0.2) is 6.61 Å². The number of benzene rings is 2. The van der Waals surface area contributed by atoms with E-state index < -0.39 is 5.97 Å². The summed E-state index contributed by atoms with van der Waals surface area (Å²) in [6, 6.07) is 12.2. The molecule has 0 radical (unpaired) electrons. The topological polar surface area (TPSA) is 77.5 Å². The van der Waals surface area contributed by atoms with Gasteiger partial charge < -0.3 is 14.8 Å². The number of ether oxygens (including phenoxy) is 2. The number of anilines is 1. The number of hydrogen-bond acceptors (Lipinski definition) is 6. The van der Waals surface area contributed by atoms with Gasteiger partial charge >= 0.3 is 5.97 Å². The molecule has 8 heteroatoms. The molecule has 0 saturated carbocycles. The summed E-state index contributed by atoms with van der Waals surface area (Å²) in [6.45, 7) is -0.0242. The van der Waals surface area contributed by atoms with Crippen molar-refractivity contribution in [2.24, 2.45) is 0 Å². The molecular weight excluding hydrogens is 388 g/mol. The van der Waals surface area contributed by atoms with Crippen molar-refractivity contribution in [2.75, 3.05) is 11.9 Å². The van der Waals surface area contributed by atoms with E-state index in [9.17, 15) is 9.59 Å². The van der Waals surface area contributed by atoms with Gasteiger partial charge in [0.1, 0.15) is 17.4 Å². The summed E-state index contributed by atoms with van der Waals surface area (Å²) in [5.41, 5.74) is 2.36. The SMILES string of the molecule is O=C1COc2cc(C(=O)OCc3csc(-c4ccccc4Cl)n3)ccc2N1. The van der Waals surface area contributed by atoms with Crippen LogP contribution in [0.5, 0.6) is 5.75 Å². The van der Waals surface area contributed by atoms with E-state index in [2.05, 4.69) is 10.3 Å². The summed E-state index contributed by atoms with van der Waals surface area (Å²) in [5.74, 6) is -0.278. The molecule has 1 aliphatic heterocycles. The minimum Gasteiger partial charge on any atom is -0.482 e. The van der Waals surface area contributed by atoms with Crippen molar-refractivity contribution in [1.29, 1.82) is 0 Å². The Morgan fingerprint density at radius 1 is 1.30 bits per heavy atom. The molecule has 1 aromatic heterocycles. The van der Waals surface area contributed by atoms with Gasteiger partial charge in [0, 0.05) is 10.9 Å². The molecule has 0 saturated heterocycles. The predicted molar refractivity (Wildman–Crippen MR) is 102 cm³/mol. The summed E-state index contributed by atoms with van der Waals surface area (Å²) in [4.78, 5) is 28.0. The third kappa shape index (κ3) is 3.79. The molecule has 136 valence electrons. The Bertz CT molecular complexity index is 1030. The van der Waals surface area contributed by atoms with Crippen LogP contribution in [0.15, 0.2) is 47.8 Å². The molecule has 4 rings (SSSR count). The van der Waals surface area contributed by atoms with Crippen molar-refractivity contribution in [3.63, 3.8) is 0 Å². The molecule has 1 N–H and O–H groups in total. The molecule has 3 aromatic rings. The molecule has 0 spiro atoms. The van der Waals surface area contributed by atoms with Crippen molar-refractivity contribution < 1.29 is 19.1 Å². The predicted octanol–water partition coefficient (Wildman–Crippen LogP) is 4.15. The second-order valence-corrected chi connectivity index (χ2v) is 7.01. The van der Waals surface area contributed by atoms with Crippen LogP contribution in [0.2, 0.25) is 5.02 Å². The average molecular weight is 401 g/mol. The molecule has 27 heavy (non-hydrogen) atoms. The lowest BCUT2D eigenvalue weighted by Crippen LogP contribution is -2.25. The maximum Gasteiger partial charge on any atom is 0.338 e. The van der Waals surface area contributed by atoms with Crippen LogP contribution in [0.25, 0.3) is 10.6 Å². The second-order valence-electron chi connectivity index (χ2n) is 5.75. The molecule has 2 aromatic carbocycles. The zero-order valence-corrected chi connectivity index (χ0v) is 15.5. The van der Waals surface area contributed by atoms with Crippen LogP contribution in [0.4, 0.5) is 5.69 Å². The molecule has 1 aliphatic rings. The molecule has 0 unspecified atom stereocenters. The van der Waals surface area contributed by atoms with Crippen LogP contribution < -0.4 is 10.1 Å². The lowest BCUT2D eigenvalue weighted by molar-refractivity contribution is -0.118. The Morgan fingerprint density at radius 2 is 2.15 bits per heavy atom. The number of rotatable bonds is 4. The van der Waals surface area contributed by atoms with Crippen molar-refractivity contribution in [1.82, 2.24) is 4.98 Å². The summed E-state index contributed by atoms with van der Waals surface area (Å²) >= 11 is 7.62. The van der Waals surface area contributed by atoms with Crippen LogP contribution >= 0.6 is 22.9 Å². The van der Waals surface area contributed by atoms with Gasteiger partial charge in [0.2, 0.25) is 0 Å². The van der Waals surface area contributed by atoms with E-state index >= 15 is 0 Å². The van der Waals surface area contributed by atoms with Gasteiger partial charge in [-0.25, -0.2) is 9.78 Å². The molecule has 1 amide bonds. The van der Waals surface area contributed by atoms with E-state index in [4.69, 9.17) is 21.1 Å². The average Bonchev–Trinajstić information content (AvgIpc) is 3.15. The van der Waals surface area contributed by atoms with Crippen molar-refractivity contribution in [2.45, 2.75) is 6.61 Å². The smallest absolute Gasteiger partial charge is 0.338 e. The molecule has 0 fully saturated rings. The summed E-state index contributed by atoms with van der Waals surface area (Å²) in [7, 11) is 0. The maximum absolute atomic E-state index is 12.3. The van der Waals surface area contributed by atoms with E-state index in [1.54, 1.807) is 24.3 Å². The number of carbonyl (C=O) groups is 2. The number of hydrogen-bond donors (Lipinski definition) is 1. The van der Waals surface area contributed by atoms with Crippen molar-refractivity contribution >= 4 is 40.5 Å². The van der Waals surface area contributed by atoms with E-state index in [0.717, 1.165) is 10.6 Å². The normalized spacial score (nSPS) is 12.7. The number of esters is 1. The monoisotopic (exact) mass is 400 g/mol. The lowest BCUT2D eigenvalue weighted by Gasteiger charge is -2.18. The Kier molecular flexibility index (Phi) is 4.79. The van der Waals surface area contributed by atoms with Crippen LogP contribution in [0.3, 0.4) is 0 Å². The van der Waals surface area contributed by atoms with Gasteiger partial charge in [-0.05, 0) is 24.3 Å². The molecule has 0 atom stereocenters. The second kappa shape index (κ2) is 7.38. The first-order valence-corrected chi connectivity index (χ1v) is 9.29. The summed E-state index contributed by atoms with van der Waals surface area (Å²) < 4.78 is 10.6. The van der Waals surface area contributed by atoms with Gasteiger partial charge in [-0.1, -0.05) is 29.8 Å². The maximum atomic E-state index is 12.3. The number of nitrogens with one attached hydrogen (secondary N) is 1. The fourth-order valence-corrected chi connectivity index (χ4v) is 3.68. The first-order valence-electron chi connectivity index (χ1n) is 8.03. The highest BCUT2D eigenvalue weighted by Crippen LogP contribution is 2.31. The molecule has 6 nitrogen and oxygen atoms in total. The fourth-order valence-electron chi connectivity index (χ4n) is 2.56. The highest BCUT2D eigenvalue weighted by molar-refractivity contribution is 7.13. The third-order valence-electron chi connectivity index (χ3n) is 3.86. The fraction of sp³-hybridized carbons (Fsp3) is 0.105. The molecular formula is C19H13ClN2O4S.